The third-order valence-electron chi connectivity index (χ3n) is 15.3. The number of benzene rings is 8. The van der Waals surface area contributed by atoms with E-state index in [-0.39, 0.29) is 5.41 Å². The van der Waals surface area contributed by atoms with Crippen LogP contribution in [0.3, 0.4) is 0 Å². The molecule has 1 aromatic heterocycles. The van der Waals surface area contributed by atoms with E-state index in [4.69, 9.17) is 9.97 Å². The van der Waals surface area contributed by atoms with Gasteiger partial charge in [-0.2, -0.15) is 0 Å². The molecule has 296 valence electrons. The Balaban J connectivity index is 0.866. The van der Waals surface area contributed by atoms with Crippen LogP contribution in [0.2, 0.25) is 0 Å². The number of rotatable bonds is 6. The van der Waals surface area contributed by atoms with Crippen molar-refractivity contribution in [1.82, 2.24) is 9.97 Å². The number of fused-ring (bicyclic) bond motifs is 4. The van der Waals surface area contributed by atoms with Crippen LogP contribution in [0.5, 0.6) is 0 Å². The lowest BCUT2D eigenvalue weighted by Crippen LogP contribution is -2.55. The summed E-state index contributed by atoms with van der Waals surface area (Å²) in [6, 6.07) is 71.3. The maximum absolute atomic E-state index is 5.16. The SMILES string of the molecule is c1ccc(-c2nc(-c3ccc(-c4ccc(-c5cccc6c5-c5cc7ccccc7cc5C65C6CC7CC(C6)CC5C7)cc4)cc3)cc(-c3ccccc3-c3ccccc3)n2)cc1. The lowest BCUT2D eigenvalue weighted by molar-refractivity contribution is -0.0398. The molecule has 4 fully saturated rings. The van der Waals surface area contributed by atoms with Crippen LogP contribution in [0.1, 0.15) is 43.2 Å². The van der Waals surface area contributed by atoms with E-state index in [1.54, 1.807) is 11.1 Å². The standard InChI is InChI=1S/C60H46N2/c1-3-12-42(13-4-1)50-18-9-10-19-52(50)57-37-56(61-59(62-57)45-14-5-2-6-15-45)44-28-24-41(25-29-44)40-22-26-43(27-23-40)51-20-11-21-54-58(51)53-35-46-16-7-8-17-47(46)36-55(53)60(54)48-31-38-30-39(33-48)34-49(60)32-38/h1-29,35-39,48-49H,30-34H2. The minimum absolute atomic E-state index is 0.136. The Kier molecular flexibility index (Phi) is 8.13. The van der Waals surface area contributed by atoms with Gasteiger partial charge in [-0.15, -0.1) is 0 Å². The molecule has 62 heavy (non-hydrogen) atoms. The Bertz CT molecular complexity index is 3140. The molecule has 5 aliphatic rings. The number of hydrogen-bond acceptors (Lipinski definition) is 2. The molecule has 0 atom stereocenters. The summed E-state index contributed by atoms with van der Waals surface area (Å²) < 4.78 is 0. The molecule has 0 unspecified atom stereocenters. The van der Waals surface area contributed by atoms with Gasteiger partial charge in [0.2, 0.25) is 0 Å². The van der Waals surface area contributed by atoms with E-state index in [0.29, 0.717) is 0 Å². The Morgan fingerprint density at radius 3 is 1.53 bits per heavy atom. The van der Waals surface area contributed by atoms with E-state index in [1.807, 2.05) is 6.07 Å². The van der Waals surface area contributed by atoms with E-state index >= 15 is 0 Å². The highest BCUT2D eigenvalue weighted by Crippen LogP contribution is 2.70. The zero-order valence-electron chi connectivity index (χ0n) is 34.7. The molecule has 1 heterocycles. The van der Waals surface area contributed by atoms with Gasteiger partial charge < -0.3 is 0 Å². The monoisotopic (exact) mass is 794 g/mol. The summed E-state index contributed by atoms with van der Waals surface area (Å²) in [6.45, 7) is 0. The summed E-state index contributed by atoms with van der Waals surface area (Å²) >= 11 is 0. The molecule has 8 aromatic carbocycles. The summed E-state index contributed by atoms with van der Waals surface area (Å²) in [5.41, 5.74) is 18.7. The average Bonchev–Trinajstić information content (AvgIpc) is 3.62. The summed E-state index contributed by atoms with van der Waals surface area (Å²) in [4.78, 5) is 10.3. The molecule has 0 aliphatic heterocycles. The van der Waals surface area contributed by atoms with Crippen LogP contribution in [-0.2, 0) is 5.41 Å². The molecule has 2 nitrogen and oxygen atoms in total. The minimum Gasteiger partial charge on any atom is -0.228 e. The first kappa shape index (κ1) is 35.8. The maximum Gasteiger partial charge on any atom is 0.160 e. The third-order valence-corrected chi connectivity index (χ3v) is 15.3. The van der Waals surface area contributed by atoms with E-state index in [1.165, 1.54) is 81.8 Å². The van der Waals surface area contributed by atoms with Gasteiger partial charge in [-0.05, 0) is 140 Å². The first-order valence-electron chi connectivity index (χ1n) is 22.6. The van der Waals surface area contributed by atoms with Crippen molar-refractivity contribution in [3.8, 4) is 78.4 Å². The molecule has 4 saturated carbocycles. The molecule has 1 spiro atoms. The van der Waals surface area contributed by atoms with Crippen LogP contribution in [0, 0.1) is 23.7 Å². The minimum atomic E-state index is 0.136. The van der Waals surface area contributed by atoms with Crippen molar-refractivity contribution in [1.29, 1.82) is 0 Å². The van der Waals surface area contributed by atoms with Crippen molar-refractivity contribution < 1.29 is 0 Å². The van der Waals surface area contributed by atoms with Crippen molar-refractivity contribution in [3.05, 3.63) is 205 Å². The van der Waals surface area contributed by atoms with E-state index in [0.717, 1.165) is 63.1 Å². The fourth-order valence-electron chi connectivity index (χ4n) is 12.9. The second-order valence-corrected chi connectivity index (χ2v) is 18.5. The number of aromatic nitrogens is 2. The molecule has 0 saturated heterocycles. The highest BCUT2D eigenvalue weighted by Gasteiger charge is 2.61. The molecule has 0 N–H and O–H groups in total. The van der Waals surface area contributed by atoms with Crippen LogP contribution >= 0.6 is 0 Å². The lowest BCUT2D eigenvalue weighted by Gasteiger charge is -2.61. The zero-order chi connectivity index (χ0) is 40.8. The normalized spacial score (nSPS) is 21.6. The Hall–Kier alpha value is -6.90. The number of nitrogens with zero attached hydrogens (tertiary/aromatic N) is 2. The quantitative estimate of drug-likeness (QED) is 0.168. The smallest absolute Gasteiger partial charge is 0.160 e. The van der Waals surface area contributed by atoms with Gasteiger partial charge >= 0.3 is 0 Å². The van der Waals surface area contributed by atoms with Crippen LogP contribution in [0.15, 0.2) is 194 Å². The molecule has 5 aliphatic carbocycles. The van der Waals surface area contributed by atoms with Crippen molar-refractivity contribution in [2.75, 3.05) is 0 Å². The van der Waals surface area contributed by atoms with Crippen LogP contribution in [0.4, 0.5) is 0 Å². The fourth-order valence-corrected chi connectivity index (χ4v) is 12.9. The van der Waals surface area contributed by atoms with Crippen LogP contribution in [0.25, 0.3) is 89.2 Å². The summed E-state index contributed by atoms with van der Waals surface area (Å²) in [5.74, 6) is 4.05. The van der Waals surface area contributed by atoms with Gasteiger partial charge in [-0.3, -0.25) is 0 Å². The van der Waals surface area contributed by atoms with E-state index in [2.05, 4.69) is 188 Å². The molecule has 9 aromatic rings. The van der Waals surface area contributed by atoms with Gasteiger partial charge in [0.1, 0.15) is 0 Å². The largest absolute Gasteiger partial charge is 0.228 e. The van der Waals surface area contributed by atoms with Gasteiger partial charge in [0.15, 0.2) is 5.82 Å². The molecule has 0 amide bonds. The molecular weight excluding hydrogens is 749 g/mol. The Morgan fingerprint density at radius 1 is 0.339 bits per heavy atom. The highest BCUT2D eigenvalue weighted by molar-refractivity contribution is 5.99. The van der Waals surface area contributed by atoms with Crippen molar-refractivity contribution >= 4 is 10.8 Å². The molecule has 0 radical (unpaired) electrons. The Labute approximate surface area is 364 Å². The van der Waals surface area contributed by atoms with Crippen LogP contribution in [-0.4, -0.2) is 9.97 Å². The van der Waals surface area contributed by atoms with Gasteiger partial charge in [-0.1, -0.05) is 176 Å². The third kappa shape index (κ3) is 5.55. The lowest BCUT2D eigenvalue weighted by atomic mass is 9.43. The second kappa shape index (κ2) is 14.1. The Morgan fingerprint density at radius 2 is 0.855 bits per heavy atom. The van der Waals surface area contributed by atoms with E-state index < -0.39 is 0 Å². The van der Waals surface area contributed by atoms with Gasteiger partial charge in [0.25, 0.3) is 0 Å². The van der Waals surface area contributed by atoms with E-state index in [9.17, 15) is 0 Å². The predicted octanol–water partition coefficient (Wildman–Crippen LogP) is 15.4. The molecule has 2 heteroatoms. The van der Waals surface area contributed by atoms with Crippen LogP contribution < -0.4 is 0 Å². The molecule has 4 bridgehead atoms. The first-order valence-corrected chi connectivity index (χ1v) is 22.6. The summed E-state index contributed by atoms with van der Waals surface area (Å²) in [5, 5.41) is 2.73. The number of hydrogen-bond donors (Lipinski definition) is 0. The highest BCUT2D eigenvalue weighted by atomic mass is 14.9. The molecular formula is C60H46N2. The summed E-state index contributed by atoms with van der Waals surface area (Å²) in [6.07, 6.45) is 7.05. The predicted molar refractivity (Wildman–Crippen MR) is 255 cm³/mol. The average molecular weight is 795 g/mol. The fraction of sp³-hybridized carbons (Fsp3) is 0.167. The maximum atomic E-state index is 5.16. The van der Waals surface area contributed by atoms with Gasteiger partial charge in [-0.25, -0.2) is 9.97 Å². The van der Waals surface area contributed by atoms with Crippen molar-refractivity contribution in [2.24, 2.45) is 23.7 Å². The first-order chi connectivity index (χ1) is 30.7. The topological polar surface area (TPSA) is 25.8 Å². The van der Waals surface area contributed by atoms with Gasteiger partial charge in [0.05, 0.1) is 11.4 Å². The van der Waals surface area contributed by atoms with Gasteiger partial charge in [0, 0.05) is 22.1 Å². The molecule has 14 rings (SSSR count). The second-order valence-electron chi connectivity index (χ2n) is 18.5. The van der Waals surface area contributed by atoms with Crippen molar-refractivity contribution in [2.45, 2.75) is 37.5 Å². The summed E-state index contributed by atoms with van der Waals surface area (Å²) in [7, 11) is 0. The van der Waals surface area contributed by atoms with Crippen molar-refractivity contribution in [3.63, 3.8) is 0 Å². The zero-order valence-corrected chi connectivity index (χ0v) is 34.7.